The zero-order chi connectivity index (χ0) is 21.5. The third kappa shape index (κ3) is 3.43. The lowest BCUT2D eigenvalue weighted by Gasteiger charge is -2.11. The van der Waals surface area contributed by atoms with Crippen molar-refractivity contribution in [2.75, 3.05) is 6.61 Å². The van der Waals surface area contributed by atoms with Crippen LogP contribution in [0.2, 0.25) is 0 Å². The van der Waals surface area contributed by atoms with Crippen molar-refractivity contribution in [1.82, 2.24) is 29.1 Å². The summed E-state index contributed by atoms with van der Waals surface area (Å²) in [5, 5.41) is 7.82. The topological polar surface area (TPSA) is 124 Å². The van der Waals surface area contributed by atoms with E-state index in [2.05, 4.69) is 20.2 Å². The average Bonchev–Trinajstić information content (AvgIpc) is 3.35. The number of hydrogen-bond acceptors (Lipinski definition) is 7. The van der Waals surface area contributed by atoms with Crippen molar-refractivity contribution in [2.24, 2.45) is 0 Å². The Labute approximate surface area is 175 Å². The van der Waals surface area contributed by atoms with Crippen molar-refractivity contribution in [3.8, 4) is 17.1 Å². The molecule has 0 saturated carbocycles. The number of aryl methyl sites for hydroxylation is 1. The van der Waals surface area contributed by atoms with Gasteiger partial charge in [0.2, 0.25) is 0 Å². The molecular formula is C18H19ClN6O4S. The lowest BCUT2D eigenvalue weighted by atomic mass is 10.2. The van der Waals surface area contributed by atoms with Crippen molar-refractivity contribution in [2.45, 2.75) is 38.1 Å². The summed E-state index contributed by atoms with van der Waals surface area (Å²) >= 11 is 0. The highest BCUT2D eigenvalue weighted by Gasteiger charge is 2.21. The molecule has 0 aliphatic heterocycles. The number of ether oxygens (including phenoxy) is 1. The molecule has 3 heterocycles. The van der Waals surface area contributed by atoms with Gasteiger partial charge in [0, 0.05) is 17.2 Å². The molecule has 1 N–H and O–H groups in total. The van der Waals surface area contributed by atoms with E-state index in [0.717, 1.165) is 12.8 Å². The highest BCUT2D eigenvalue weighted by atomic mass is 35.7. The van der Waals surface area contributed by atoms with Gasteiger partial charge in [-0.1, -0.05) is 13.3 Å². The quantitative estimate of drug-likeness (QED) is 0.339. The number of aromatic amines is 1. The van der Waals surface area contributed by atoms with Crippen LogP contribution in [0.15, 0.2) is 34.2 Å². The van der Waals surface area contributed by atoms with Crippen LogP contribution in [0, 0.1) is 0 Å². The van der Waals surface area contributed by atoms with E-state index in [0.29, 0.717) is 47.1 Å². The van der Waals surface area contributed by atoms with Crippen molar-refractivity contribution in [1.29, 1.82) is 0 Å². The Morgan fingerprint density at radius 1 is 1.23 bits per heavy atom. The maximum Gasteiger partial charge on any atom is 0.336 e. The van der Waals surface area contributed by atoms with Crippen LogP contribution in [0.5, 0.6) is 5.75 Å². The average molecular weight is 451 g/mol. The van der Waals surface area contributed by atoms with E-state index in [1.807, 2.05) is 13.8 Å². The van der Waals surface area contributed by atoms with Crippen LogP contribution in [-0.4, -0.2) is 44.2 Å². The van der Waals surface area contributed by atoms with E-state index in [9.17, 15) is 13.2 Å². The Morgan fingerprint density at radius 3 is 2.73 bits per heavy atom. The van der Waals surface area contributed by atoms with Gasteiger partial charge in [-0.3, -0.25) is 4.57 Å². The largest absolute Gasteiger partial charge is 0.493 e. The number of H-pyrrole nitrogens is 1. The summed E-state index contributed by atoms with van der Waals surface area (Å²) in [5.41, 5.74) is 1.31. The van der Waals surface area contributed by atoms with Crippen LogP contribution in [-0.2, 0) is 15.6 Å². The van der Waals surface area contributed by atoms with Crippen molar-refractivity contribution < 1.29 is 13.2 Å². The first-order valence-electron chi connectivity index (χ1n) is 9.39. The molecule has 3 aromatic heterocycles. The van der Waals surface area contributed by atoms with Gasteiger partial charge >= 0.3 is 5.69 Å². The number of imidazole rings is 1. The minimum absolute atomic E-state index is 0.0806. The van der Waals surface area contributed by atoms with Crippen LogP contribution >= 0.6 is 10.7 Å². The zero-order valence-corrected chi connectivity index (χ0v) is 17.9. The first kappa shape index (κ1) is 20.4. The highest BCUT2D eigenvalue weighted by Crippen LogP contribution is 2.33. The van der Waals surface area contributed by atoms with E-state index < -0.39 is 9.05 Å². The van der Waals surface area contributed by atoms with Crippen molar-refractivity contribution >= 4 is 36.5 Å². The molecule has 0 aliphatic rings. The fourth-order valence-corrected chi connectivity index (χ4v) is 3.97. The molecule has 0 radical (unpaired) electrons. The molecule has 0 amide bonds. The summed E-state index contributed by atoms with van der Waals surface area (Å²) in [6.45, 7) is 4.71. The van der Waals surface area contributed by atoms with E-state index >= 15 is 0 Å². The smallest absolute Gasteiger partial charge is 0.336 e. The number of halogens is 1. The Bertz CT molecular complexity index is 1410. The summed E-state index contributed by atoms with van der Waals surface area (Å²) in [6.07, 6.45) is 3.12. The molecule has 12 heteroatoms. The molecule has 0 fully saturated rings. The SMILES string of the molecule is CCCCOc1ccc(S(=O)(=O)Cl)cc1-c1nc2c([nH]1)c1nncn1c(=O)n2CC. The fourth-order valence-electron chi connectivity index (χ4n) is 3.19. The van der Waals surface area contributed by atoms with Gasteiger partial charge in [-0.15, -0.1) is 10.2 Å². The Balaban J connectivity index is 1.97. The first-order valence-corrected chi connectivity index (χ1v) is 11.7. The van der Waals surface area contributed by atoms with Gasteiger partial charge in [-0.25, -0.2) is 22.6 Å². The number of benzene rings is 1. The lowest BCUT2D eigenvalue weighted by molar-refractivity contribution is 0.310. The third-order valence-electron chi connectivity index (χ3n) is 4.71. The number of aromatic nitrogens is 6. The molecule has 4 rings (SSSR count). The van der Waals surface area contributed by atoms with E-state index in [4.69, 9.17) is 15.4 Å². The van der Waals surface area contributed by atoms with Crippen LogP contribution in [0.3, 0.4) is 0 Å². The predicted molar refractivity (Wildman–Crippen MR) is 111 cm³/mol. The molecular weight excluding hydrogens is 432 g/mol. The summed E-state index contributed by atoms with van der Waals surface area (Å²) in [4.78, 5) is 20.3. The van der Waals surface area contributed by atoms with Crippen LogP contribution in [0.4, 0.5) is 0 Å². The minimum Gasteiger partial charge on any atom is -0.493 e. The molecule has 158 valence electrons. The second-order valence-corrected chi connectivity index (χ2v) is 9.20. The van der Waals surface area contributed by atoms with Gasteiger partial charge in [0.25, 0.3) is 9.05 Å². The first-order chi connectivity index (χ1) is 14.3. The molecule has 0 aliphatic carbocycles. The van der Waals surface area contributed by atoms with Gasteiger partial charge < -0.3 is 9.72 Å². The van der Waals surface area contributed by atoms with Gasteiger partial charge in [0.1, 0.15) is 23.4 Å². The molecule has 30 heavy (non-hydrogen) atoms. The number of nitrogens with one attached hydrogen (secondary N) is 1. The molecule has 4 aromatic rings. The number of unbranched alkanes of at least 4 members (excludes halogenated alkanes) is 1. The molecule has 1 aromatic carbocycles. The summed E-state index contributed by atoms with van der Waals surface area (Å²) < 4.78 is 32.4. The summed E-state index contributed by atoms with van der Waals surface area (Å²) in [7, 11) is 1.58. The van der Waals surface area contributed by atoms with Crippen LogP contribution < -0.4 is 10.4 Å². The van der Waals surface area contributed by atoms with E-state index in [1.54, 1.807) is 6.07 Å². The fraction of sp³-hybridized carbons (Fsp3) is 0.333. The van der Waals surface area contributed by atoms with Crippen molar-refractivity contribution in [3.05, 3.63) is 35.0 Å². The third-order valence-corrected chi connectivity index (χ3v) is 6.06. The Morgan fingerprint density at radius 2 is 2.03 bits per heavy atom. The minimum atomic E-state index is -3.96. The summed E-state index contributed by atoms with van der Waals surface area (Å²) in [5.74, 6) is 0.783. The molecule has 0 unspecified atom stereocenters. The van der Waals surface area contributed by atoms with Crippen LogP contribution in [0.1, 0.15) is 26.7 Å². The maximum atomic E-state index is 12.7. The molecule has 0 atom stereocenters. The maximum absolute atomic E-state index is 12.7. The second kappa shape index (κ2) is 7.73. The van der Waals surface area contributed by atoms with Gasteiger partial charge in [-0.2, -0.15) is 0 Å². The zero-order valence-electron chi connectivity index (χ0n) is 16.3. The monoisotopic (exact) mass is 450 g/mol. The van der Waals surface area contributed by atoms with Crippen LogP contribution in [0.25, 0.3) is 28.2 Å². The van der Waals surface area contributed by atoms with E-state index in [-0.39, 0.29) is 10.6 Å². The molecule has 0 saturated heterocycles. The lowest BCUT2D eigenvalue weighted by Crippen LogP contribution is -2.26. The van der Waals surface area contributed by atoms with Crippen molar-refractivity contribution in [3.63, 3.8) is 0 Å². The summed E-state index contributed by atoms with van der Waals surface area (Å²) in [6, 6.07) is 4.33. The normalized spacial score (nSPS) is 12.1. The van der Waals surface area contributed by atoms with Gasteiger partial charge in [0.05, 0.1) is 17.1 Å². The number of hydrogen-bond donors (Lipinski definition) is 1. The molecule has 0 bridgehead atoms. The van der Waals surface area contributed by atoms with Gasteiger partial charge in [0.15, 0.2) is 11.3 Å². The molecule has 0 spiro atoms. The van der Waals surface area contributed by atoms with E-state index in [1.165, 1.54) is 27.4 Å². The second-order valence-electron chi connectivity index (χ2n) is 6.63. The Hall–Kier alpha value is -2.92. The molecule has 10 nitrogen and oxygen atoms in total. The number of rotatable bonds is 7. The number of fused-ring (bicyclic) bond motifs is 3. The highest BCUT2D eigenvalue weighted by molar-refractivity contribution is 8.13. The predicted octanol–water partition coefficient (Wildman–Crippen LogP) is 2.56. The Kier molecular flexibility index (Phi) is 5.24. The standard InChI is InChI=1S/C18H19ClN6O4S/c1-3-5-8-29-13-7-6-11(30(19,27)28)9-12(13)15-21-14-16(22-15)24(4-2)18(26)25-10-20-23-17(14)25/h6-7,9-10H,3-5,8H2,1-2H3,(H,21,22). The van der Waals surface area contributed by atoms with Gasteiger partial charge in [-0.05, 0) is 31.5 Å². The number of nitrogens with zero attached hydrogens (tertiary/aromatic N) is 5.